The number of carbonyl (C=O) groups excluding carboxylic acids is 1. The summed E-state index contributed by atoms with van der Waals surface area (Å²) in [5.74, 6) is 0.640. The van der Waals surface area contributed by atoms with Crippen LogP contribution in [0.4, 0.5) is 5.69 Å². The minimum absolute atomic E-state index is 0.00889. The molecule has 1 aromatic carbocycles. The van der Waals surface area contributed by atoms with E-state index in [-0.39, 0.29) is 17.4 Å². The summed E-state index contributed by atoms with van der Waals surface area (Å²) in [5, 5.41) is 11.5. The van der Waals surface area contributed by atoms with Crippen molar-refractivity contribution < 1.29 is 4.79 Å². The van der Waals surface area contributed by atoms with Gasteiger partial charge < -0.3 is 14.8 Å². The maximum Gasteiger partial charge on any atom is 0.250 e. The Balaban J connectivity index is 1.86. The Morgan fingerprint density at radius 3 is 2.36 bits per heavy atom. The first-order valence-electron chi connectivity index (χ1n) is 10.2. The largest absolute Gasteiger partial charge is 0.357 e. The number of hydrogen-bond acceptors (Lipinski definition) is 4. The molecule has 2 aromatic rings. The second kappa shape index (κ2) is 8.33. The second-order valence-corrected chi connectivity index (χ2v) is 8.95. The van der Waals surface area contributed by atoms with Gasteiger partial charge in [-0.25, -0.2) is 0 Å². The summed E-state index contributed by atoms with van der Waals surface area (Å²) in [6, 6.07) is 8.18. The lowest BCUT2D eigenvalue weighted by molar-refractivity contribution is -0.123. The summed E-state index contributed by atoms with van der Waals surface area (Å²) in [6.45, 7) is 6.60. The van der Waals surface area contributed by atoms with Gasteiger partial charge in [-0.15, -0.1) is 10.2 Å². The Morgan fingerprint density at radius 2 is 1.82 bits per heavy atom. The van der Waals surface area contributed by atoms with Crippen LogP contribution in [0, 0.1) is 0 Å². The molecule has 1 saturated carbocycles. The van der Waals surface area contributed by atoms with E-state index in [2.05, 4.69) is 60.6 Å². The highest BCUT2D eigenvalue weighted by molar-refractivity contribution is 5.86. The van der Waals surface area contributed by atoms with Crippen molar-refractivity contribution in [2.75, 3.05) is 11.9 Å². The van der Waals surface area contributed by atoms with E-state index in [1.807, 2.05) is 23.6 Å². The van der Waals surface area contributed by atoms with Gasteiger partial charge in [0.15, 0.2) is 11.9 Å². The lowest BCUT2D eigenvalue weighted by Gasteiger charge is -2.31. The fourth-order valence-electron chi connectivity index (χ4n) is 3.88. The molecule has 0 bridgehead atoms. The van der Waals surface area contributed by atoms with Crippen LogP contribution < -0.4 is 10.2 Å². The molecule has 1 N–H and O–H groups in total. The predicted octanol–water partition coefficient (Wildman–Crippen LogP) is 3.74. The third-order valence-electron chi connectivity index (χ3n) is 5.72. The highest BCUT2D eigenvalue weighted by atomic mass is 16.2. The second-order valence-electron chi connectivity index (χ2n) is 8.95. The first-order valence-corrected chi connectivity index (χ1v) is 10.2. The predicted molar refractivity (Wildman–Crippen MR) is 112 cm³/mol. The van der Waals surface area contributed by atoms with Crippen LogP contribution in [0.1, 0.15) is 70.3 Å². The Hall–Kier alpha value is -2.37. The van der Waals surface area contributed by atoms with Crippen molar-refractivity contribution in [3.8, 4) is 0 Å². The number of nitrogens with zero attached hydrogens (tertiary/aromatic N) is 4. The lowest BCUT2D eigenvalue weighted by Crippen LogP contribution is -2.45. The van der Waals surface area contributed by atoms with Crippen molar-refractivity contribution in [3.05, 3.63) is 42.0 Å². The minimum Gasteiger partial charge on any atom is -0.357 e. The van der Waals surface area contributed by atoms with Crippen molar-refractivity contribution in [2.24, 2.45) is 7.05 Å². The molecule has 3 rings (SSSR count). The highest BCUT2D eigenvalue weighted by Gasteiger charge is 2.31. The molecule has 1 aliphatic rings. The summed E-state index contributed by atoms with van der Waals surface area (Å²) in [7, 11) is 3.83. The van der Waals surface area contributed by atoms with E-state index in [1.165, 1.54) is 24.8 Å². The molecule has 1 aromatic heterocycles. The number of likely N-dealkylation sites (N-methyl/N-ethyl adjacent to an activating group) is 1. The summed E-state index contributed by atoms with van der Waals surface area (Å²) in [4.78, 5) is 15.3. The zero-order valence-corrected chi connectivity index (χ0v) is 17.8. The molecule has 0 aliphatic heterocycles. The van der Waals surface area contributed by atoms with Gasteiger partial charge in [-0.3, -0.25) is 4.79 Å². The van der Waals surface area contributed by atoms with Gasteiger partial charge >= 0.3 is 0 Å². The van der Waals surface area contributed by atoms with Gasteiger partial charge in [-0.1, -0.05) is 52.2 Å². The van der Waals surface area contributed by atoms with Crippen LogP contribution in [0.25, 0.3) is 0 Å². The Morgan fingerprint density at radius 1 is 1.18 bits per heavy atom. The van der Waals surface area contributed by atoms with Crippen molar-refractivity contribution >= 4 is 11.6 Å². The molecular formula is C22H33N5O. The summed E-state index contributed by atoms with van der Waals surface area (Å²) in [5.41, 5.74) is 2.35. The highest BCUT2D eigenvalue weighted by Crippen LogP contribution is 2.29. The number of rotatable bonds is 5. The average molecular weight is 384 g/mol. The number of hydrogen-bond donors (Lipinski definition) is 1. The number of aromatic nitrogens is 3. The van der Waals surface area contributed by atoms with Crippen LogP contribution in [0.2, 0.25) is 0 Å². The van der Waals surface area contributed by atoms with E-state index in [0.29, 0.717) is 5.82 Å². The van der Waals surface area contributed by atoms with Crippen LogP contribution >= 0.6 is 0 Å². The number of aryl methyl sites for hydroxylation is 1. The van der Waals surface area contributed by atoms with Gasteiger partial charge in [0.25, 0.3) is 5.91 Å². The van der Waals surface area contributed by atoms with Crippen molar-refractivity contribution in [2.45, 2.75) is 70.4 Å². The minimum atomic E-state index is -0.519. The number of carbonyl (C=O) groups is 1. The van der Waals surface area contributed by atoms with E-state index in [9.17, 15) is 4.79 Å². The number of nitrogens with one attached hydrogen (secondary N) is 1. The standard InChI is InChI=1S/C22H33N5O/c1-22(2,3)16-11-13-18(14-12-16)27(5)19(20-25-23-15-26(20)4)21(28)24-17-9-7-6-8-10-17/h11-15,17,19H,6-10H2,1-5H3,(H,24,28). The fourth-order valence-corrected chi connectivity index (χ4v) is 3.88. The van der Waals surface area contributed by atoms with Crippen molar-refractivity contribution in [1.82, 2.24) is 20.1 Å². The molecule has 1 aliphatic carbocycles. The summed E-state index contributed by atoms with van der Waals surface area (Å²) in [6.07, 6.45) is 7.39. The molecule has 0 spiro atoms. The van der Waals surface area contributed by atoms with E-state index in [0.717, 1.165) is 18.5 Å². The molecule has 1 amide bonds. The van der Waals surface area contributed by atoms with Crippen LogP contribution in [-0.4, -0.2) is 33.8 Å². The van der Waals surface area contributed by atoms with E-state index < -0.39 is 6.04 Å². The molecule has 1 atom stereocenters. The molecule has 1 unspecified atom stereocenters. The number of amides is 1. The van der Waals surface area contributed by atoms with Crippen LogP contribution in [0.15, 0.2) is 30.6 Å². The Labute approximate surface area is 168 Å². The summed E-state index contributed by atoms with van der Waals surface area (Å²) < 4.78 is 1.82. The van der Waals surface area contributed by atoms with Gasteiger partial charge in [0.05, 0.1) is 0 Å². The van der Waals surface area contributed by atoms with Gasteiger partial charge in [0, 0.05) is 25.8 Å². The molecule has 1 heterocycles. The Bertz CT molecular complexity index is 784. The molecule has 6 nitrogen and oxygen atoms in total. The third-order valence-corrected chi connectivity index (χ3v) is 5.72. The molecule has 152 valence electrons. The van der Waals surface area contributed by atoms with Crippen molar-refractivity contribution in [1.29, 1.82) is 0 Å². The van der Waals surface area contributed by atoms with Crippen LogP contribution in [0.3, 0.4) is 0 Å². The average Bonchev–Trinajstić information content (AvgIpc) is 3.07. The van der Waals surface area contributed by atoms with Crippen LogP contribution in [0.5, 0.6) is 0 Å². The Kier molecular flexibility index (Phi) is 6.06. The SMILES string of the molecule is CN(c1ccc(C(C)(C)C)cc1)C(C(=O)NC1CCCCC1)c1nncn1C. The quantitative estimate of drug-likeness (QED) is 0.854. The molecule has 6 heteroatoms. The van der Waals surface area contributed by atoms with Crippen LogP contribution in [-0.2, 0) is 17.3 Å². The zero-order chi connectivity index (χ0) is 20.3. The van der Waals surface area contributed by atoms with Gasteiger partial charge in [-0.05, 0) is 36.0 Å². The molecule has 0 saturated heterocycles. The van der Waals surface area contributed by atoms with E-state index in [1.54, 1.807) is 6.33 Å². The first-order chi connectivity index (χ1) is 13.3. The first kappa shape index (κ1) is 20.4. The molecule has 1 fully saturated rings. The lowest BCUT2D eigenvalue weighted by atomic mass is 9.87. The monoisotopic (exact) mass is 383 g/mol. The zero-order valence-electron chi connectivity index (χ0n) is 17.8. The maximum absolute atomic E-state index is 13.3. The topological polar surface area (TPSA) is 63.1 Å². The van der Waals surface area contributed by atoms with E-state index in [4.69, 9.17) is 0 Å². The van der Waals surface area contributed by atoms with E-state index >= 15 is 0 Å². The molecule has 28 heavy (non-hydrogen) atoms. The van der Waals surface area contributed by atoms with Gasteiger partial charge in [0.1, 0.15) is 6.33 Å². The van der Waals surface area contributed by atoms with Crippen molar-refractivity contribution in [3.63, 3.8) is 0 Å². The molecular weight excluding hydrogens is 350 g/mol. The smallest absolute Gasteiger partial charge is 0.250 e. The number of anilines is 1. The third kappa shape index (κ3) is 4.54. The number of benzene rings is 1. The normalized spacial score (nSPS) is 16.6. The van der Waals surface area contributed by atoms with Gasteiger partial charge in [-0.2, -0.15) is 0 Å². The molecule has 0 radical (unpaired) electrons. The maximum atomic E-state index is 13.3. The summed E-state index contributed by atoms with van der Waals surface area (Å²) >= 11 is 0. The van der Waals surface area contributed by atoms with Gasteiger partial charge in [0.2, 0.25) is 0 Å². The fraction of sp³-hybridized carbons (Fsp3) is 0.591.